The van der Waals surface area contributed by atoms with Gasteiger partial charge in [-0.1, -0.05) is 30.3 Å². The molecule has 1 atom stereocenters. The fourth-order valence-corrected chi connectivity index (χ4v) is 2.11. The highest BCUT2D eigenvalue weighted by atomic mass is 32.1. The second-order valence-electron chi connectivity index (χ2n) is 4.23. The second-order valence-corrected chi connectivity index (χ2v) is 4.72. The number of hydrogen-bond acceptors (Lipinski definition) is 2. The average Bonchev–Trinajstić information content (AvgIpc) is 2.39. The van der Waals surface area contributed by atoms with Gasteiger partial charge >= 0.3 is 0 Å². The summed E-state index contributed by atoms with van der Waals surface area (Å²) in [5.74, 6) is -0.587. The summed E-state index contributed by atoms with van der Waals surface area (Å²) >= 11 is 4.23. The van der Waals surface area contributed by atoms with Crippen LogP contribution in [-0.4, -0.2) is 5.91 Å². The Morgan fingerprint density at radius 3 is 2.47 bits per heavy atom. The van der Waals surface area contributed by atoms with Crippen molar-refractivity contribution in [3.8, 4) is 0 Å². The molecule has 0 bridgehead atoms. The van der Waals surface area contributed by atoms with E-state index in [0.717, 1.165) is 0 Å². The normalized spacial score (nSPS) is 11.9. The zero-order valence-electron chi connectivity index (χ0n) is 10.4. The fraction of sp³-hybridized carbons (Fsp3) is 0.133. The summed E-state index contributed by atoms with van der Waals surface area (Å²) in [5.41, 5.74) is 0.946. The van der Waals surface area contributed by atoms with Crippen molar-refractivity contribution in [3.05, 3.63) is 65.5 Å². The number of amides is 1. The number of hydrogen-bond donors (Lipinski definition) is 2. The summed E-state index contributed by atoms with van der Waals surface area (Å²) in [6, 6.07) is 13.0. The van der Waals surface area contributed by atoms with Gasteiger partial charge in [0.05, 0.1) is 11.6 Å². The van der Waals surface area contributed by atoms with Gasteiger partial charge < -0.3 is 5.32 Å². The third kappa shape index (κ3) is 3.15. The van der Waals surface area contributed by atoms with Crippen molar-refractivity contribution in [1.82, 2.24) is 5.32 Å². The van der Waals surface area contributed by atoms with E-state index in [1.54, 1.807) is 49.4 Å². The lowest BCUT2D eigenvalue weighted by atomic mass is 10.1. The van der Waals surface area contributed by atoms with Gasteiger partial charge in [0.15, 0.2) is 0 Å². The molecule has 4 heteroatoms. The van der Waals surface area contributed by atoms with Crippen LogP contribution in [0.3, 0.4) is 0 Å². The van der Waals surface area contributed by atoms with Crippen molar-refractivity contribution in [2.75, 3.05) is 0 Å². The molecule has 0 heterocycles. The first-order valence-electron chi connectivity index (χ1n) is 5.93. The van der Waals surface area contributed by atoms with Gasteiger partial charge in [0, 0.05) is 10.5 Å². The van der Waals surface area contributed by atoms with Crippen LogP contribution in [0.1, 0.15) is 28.9 Å². The molecule has 0 spiro atoms. The smallest absolute Gasteiger partial charge is 0.252 e. The molecule has 2 rings (SSSR count). The number of benzene rings is 2. The molecular weight excluding hydrogens is 261 g/mol. The van der Waals surface area contributed by atoms with E-state index >= 15 is 0 Å². The van der Waals surface area contributed by atoms with Crippen molar-refractivity contribution >= 4 is 18.5 Å². The Balaban J connectivity index is 2.16. The van der Waals surface area contributed by atoms with Crippen LogP contribution in [-0.2, 0) is 0 Å². The van der Waals surface area contributed by atoms with Crippen LogP contribution < -0.4 is 5.32 Å². The van der Waals surface area contributed by atoms with Crippen LogP contribution in [0.2, 0.25) is 0 Å². The molecule has 2 aromatic carbocycles. The molecule has 1 unspecified atom stereocenters. The van der Waals surface area contributed by atoms with E-state index in [9.17, 15) is 9.18 Å². The van der Waals surface area contributed by atoms with Gasteiger partial charge in [-0.15, -0.1) is 12.6 Å². The molecule has 0 saturated carbocycles. The van der Waals surface area contributed by atoms with Crippen molar-refractivity contribution in [1.29, 1.82) is 0 Å². The lowest BCUT2D eigenvalue weighted by Crippen LogP contribution is -2.27. The third-order valence-corrected chi connectivity index (χ3v) is 3.26. The molecule has 0 aliphatic heterocycles. The maximum absolute atomic E-state index is 13.6. The molecule has 0 aliphatic carbocycles. The maximum atomic E-state index is 13.6. The maximum Gasteiger partial charge on any atom is 0.252 e. The first-order valence-corrected chi connectivity index (χ1v) is 6.37. The SMILES string of the molecule is CC(NC(=O)c1ccccc1S)c1ccccc1F. The molecule has 2 aromatic rings. The highest BCUT2D eigenvalue weighted by Crippen LogP contribution is 2.18. The molecule has 19 heavy (non-hydrogen) atoms. The van der Waals surface area contributed by atoms with Crippen molar-refractivity contribution in [3.63, 3.8) is 0 Å². The van der Waals surface area contributed by atoms with Crippen LogP contribution >= 0.6 is 12.6 Å². The number of thiol groups is 1. The van der Waals surface area contributed by atoms with Crippen LogP contribution in [0.5, 0.6) is 0 Å². The first-order chi connectivity index (χ1) is 9.09. The molecule has 1 N–H and O–H groups in total. The Morgan fingerprint density at radius 1 is 1.16 bits per heavy atom. The number of nitrogens with one attached hydrogen (secondary N) is 1. The zero-order valence-corrected chi connectivity index (χ0v) is 11.3. The van der Waals surface area contributed by atoms with E-state index in [2.05, 4.69) is 17.9 Å². The van der Waals surface area contributed by atoms with Crippen molar-refractivity contribution in [2.45, 2.75) is 17.9 Å². The van der Waals surface area contributed by atoms with Crippen LogP contribution in [0, 0.1) is 5.82 Å². The van der Waals surface area contributed by atoms with Crippen molar-refractivity contribution in [2.24, 2.45) is 0 Å². The Bertz CT molecular complexity index is 600. The average molecular weight is 275 g/mol. The molecule has 2 nitrogen and oxygen atoms in total. The Hall–Kier alpha value is -1.81. The van der Waals surface area contributed by atoms with Gasteiger partial charge in [-0.2, -0.15) is 0 Å². The zero-order chi connectivity index (χ0) is 13.8. The monoisotopic (exact) mass is 275 g/mol. The molecule has 0 aromatic heterocycles. The molecule has 0 aliphatic rings. The predicted octanol–water partition coefficient (Wildman–Crippen LogP) is 3.61. The van der Waals surface area contributed by atoms with Gasteiger partial charge in [-0.25, -0.2) is 4.39 Å². The summed E-state index contributed by atoms with van der Waals surface area (Å²) in [5, 5.41) is 2.77. The lowest BCUT2D eigenvalue weighted by molar-refractivity contribution is 0.0936. The standard InChI is InChI=1S/C15H14FNOS/c1-10(11-6-2-4-8-13(11)16)17-15(18)12-7-3-5-9-14(12)19/h2-10,19H,1H3,(H,17,18). The van der Waals surface area contributed by atoms with E-state index in [1.165, 1.54) is 6.07 Å². The van der Waals surface area contributed by atoms with Crippen molar-refractivity contribution < 1.29 is 9.18 Å². The minimum atomic E-state index is -0.401. The first kappa shape index (κ1) is 13.6. The summed E-state index contributed by atoms with van der Waals surface area (Å²) < 4.78 is 13.6. The van der Waals surface area contributed by atoms with E-state index in [0.29, 0.717) is 16.0 Å². The Morgan fingerprint density at radius 2 is 1.79 bits per heavy atom. The minimum absolute atomic E-state index is 0.263. The fourth-order valence-electron chi connectivity index (χ4n) is 1.84. The Kier molecular flexibility index (Phi) is 4.22. The van der Waals surface area contributed by atoms with Crippen LogP contribution in [0.15, 0.2) is 53.4 Å². The Labute approximate surface area is 117 Å². The molecule has 0 saturated heterocycles. The van der Waals surface area contributed by atoms with E-state index in [1.807, 2.05) is 0 Å². The largest absolute Gasteiger partial charge is 0.345 e. The second kappa shape index (κ2) is 5.89. The number of carbonyl (C=O) groups excluding carboxylic acids is 1. The topological polar surface area (TPSA) is 29.1 Å². The highest BCUT2D eigenvalue weighted by molar-refractivity contribution is 7.80. The third-order valence-electron chi connectivity index (χ3n) is 2.87. The van der Waals surface area contributed by atoms with Gasteiger partial charge in [-0.3, -0.25) is 4.79 Å². The molecule has 0 fully saturated rings. The quantitative estimate of drug-likeness (QED) is 0.823. The van der Waals surface area contributed by atoms with Gasteiger partial charge in [-0.05, 0) is 25.1 Å². The number of rotatable bonds is 3. The summed E-state index contributed by atoms with van der Waals surface area (Å²) in [4.78, 5) is 12.7. The summed E-state index contributed by atoms with van der Waals surface area (Å²) in [6.07, 6.45) is 0. The molecular formula is C15H14FNOS. The summed E-state index contributed by atoms with van der Waals surface area (Å²) in [6.45, 7) is 1.75. The van der Waals surface area contributed by atoms with Gasteiger partial charge in [0.25, 0.3) is 5.91 Å². The van der Waals surface area contributed by atoms with Gasteiger partial charge in [0.1, 0.15) is 5.82 Å². The molecule has 98 valence electrons. The van der Waals surface area contributed by atoms with Crippen LogP contribution in [0.25, 0.3) is 0 Å². The van der Waals surface area contributed by atoms with Crippen LogP contribution in [0.4, 0.5) is 4.39 Å². The predicted molar refractivity (Wildman–Crippen MR) is 76.0 cm³/mol. The molecule has 0 radical (unpaired) electrons. The minimum Gasteiger partial charge on any atom is -0.345 e. The van der Waals surface area contributed by atoms with E-state index in [-0.39, 0.29) is 11.7 Å². The number of halogens is 1. The highest BCUT2D eigenvalue weighted by Gasteiger charge is 2.15. The van der Waals surface area contributed by atoms with E-state index < -0.39 is 6.04 Å². The van der Waals surface area contributed by atoms with E-state index in [4.69, 9.17) is 0 Å². The van der Waals surface area contributed by atoms with Gasteiger partial charge in [0.2, 0.25) is 0 Å². The lowest BCUT2D eigenvalue weighted by Gasteiger charge is -2.15. The summed E-state index contributed by atoms with van der Waals surface area (Å²) in [7, 11) is 0. The molecule has 1 amide bonds. The number of carbonyl (C=O) groups is 1.